The van der Waals surface area contributed by atoms with Crippen LogP contribution in [0.2, 0.25) is 0 Å². The van der Waals surface area contributed by atoms with E-state index in [1.807, 2.05) is 6.92 Å². The summed E-state index contributed by atoms with van der Waals surface area (Å²) >= 11 is 0. The van der Waals surface area contributed by atoms with Crippen molar-refractivity contribution in [2.75, 3.05) is 6.61 Å². The molecule has 0 radical (unpaired) electrons. The maximum Gasteiger partial charge on any atom is 0.330 e. The molecule has 146 valence electrons. The van der Waals surface area contributed by atoms with Crippen LogP contribution in [0.1, 0.15) is 40.5 Å². The second-order valence-electron chi connectivity index (χ2n) is 4.88. The highest BCUT2D eigenvalue weighted by atomic mass is 16.4. The minimum absolute atomic E-state index is 0.103. The monoisotopic (exact) mass is 362 g/mol. The van der Waals surface area contributed by atoms with Gasteiger partial charge < -0.3 is 25.5 Å². The van der Waals surface area contributed by atoms with Gasteiger partial charge in [0.2, 0.25) is 0 Å². The first-order valence-electron chi connectivity index (χ1n) is 7.19. The molecule has 0 saturated carbocycles. The third-order valence-electron chi connectivity index (χ3n) is 1.93. The van der Waals surface area contributed by atoms with Crippen LogP contribution in [0.5, 0.6) is 0 Å². The van der Waals surface area contributed by atoms with Gasteiger partial charge in [0.1, 0.15) is 0 Å². The van der Waals surface area contributed by atoms with E-state index in [0.717, 1.165) is 6.42 Å². The number of carboxylic acid groups (broad SMARTS) is 3. The van der Waals surface area contributed by atoms with Crippen LogP contribution in [0.25, 0.3) is 0 Å². The number of carbonyl (C=O) groups is 3. The van der Waals surface area contributed by atoms with Gasteiger partial charge in [-0.15, -0.1) is 0 Å². The van der Waals surface area contributed by atoms with Crippen LogP contribution in [0.15, 0.2) is 36.5 Å². The van der Waals surface area contributed by atoms with Crippen LogP contribution >= 0.6 is 0 Å². The van der Waals surface area contributed by atoms with Crippen LogP contribution in [0.3, 0.4) is 0 Å². The number of carboxylic acids is 3. The topological polar surface area (TPSA) is 152 Å². The van der Waals surface area contributed by atoms with Gasteiger partial charge in [0, 0.05) is 16.7 Å². The molecule has 8 nitrogen and oxygen atoms in total. The van der Waals surface area contributed by atoms with Crippen molar-refractivity contribution in [3.05, 3.63) is 36.5 Å². The fraction of sp³-hybridized carbons (Fsp3) is 0.471. The molecule has 0 aliphatic carbocycles. The average Bonchev–Trinajstić information content (AvgIpc) is 2.48. The fourth-order valence-electron chi connectivity index (χ4n) is 0.425. The molecular formula is C17H30O8. The standard InChI is InChI=1S/C5H12O2.3C4H6O2/c1-2-3-5(7)4-6;3*1-3(2)4(5)6/h5-7H,2-4H2,1H3;3*1H2,2H3,(H,5,6). The largest absolute Gasteiger partial charge is 0.478 e. The van der Waals surface area contributed by atoms with Crippen molar-refractivity contribution in [1.82, 2.24) is 0 Å². The highest BCUT2D eigenvalue weighted by Crippen LogP contribution is 1.92. The molecular weight excluding hydrogens is 332 g/mol. The Balaban J connectivity index is -0.000000118. The Morgan fingerprint density at radius 1 is 0.800 bits per heavy atom. The normalized spacial score (nSPS) is 9.36. The Hall–Kier alpha value is -2.45. The van der Waals surface area contributed by atoms with E-state index < -0.39 is 24.0 Å². The Labute approximate surface area is 148 Å². The zero-order chi connectivity index (χ0) is 21.2. The highest BCUT2D eigenvalue weighted by molar-refractivity contribution is 5.85. The summed E-state index contributed by atoms with van der Waals surface area (Å²) in [5.41, 5.74) is 0.528. The van der Waals surface area contributed by atoms with Crippen LogP contribution in [-0.4, -0.2) is 56.2 Å². The van der Waals surface area contributed by atoms with E-state index in [1.54, 1.807) is 0 Å². The van der Waals surface area contributed by atoms with Crippen molar-refractivity contribution >= 4 is 17.9 Å². The summed E-state index contributed by atoms with van der Waals surface area (Å²) in [6.45, 7) is 15.7. The molecule has 8 heteroatoms. The molecule has 1 atom stereocenters. The maximum atomic E-state index is 9.60. The molecule has 0 amide bonds. The Morgan fingerprint density at radius 3 is 1.04 bits per heavy atom. The molecule has 0 aromatic carbocycles. The van der Waals surface area contributed by atoms with Crippen molar-refractivity contribution in [1.29, 1.82) is 0 Å². The van der Waals surface area contributed by atoms with Crippen molar-refractivity contribution in [3.63, 3.8) is 0 Å². The molecule has 1 unspecified atom stereocenters. The second-order valence-corrected chi connectivity index (χ2v) is 4.88. The molecule has 0 aromatic heterocycles. The van der Waals surface area contributed by atoms with E-state index >= 15 is 0 Å². The van der Waals surface area contributed by atoms with Crippen molar-refractivity contribution in [2.45, 2.75) is 46.6 Å². The summed E-state index contributed by atoms with van der Waals surface area (Å²) in [4.78, 5) is 28.8. The lowest BCUT2D eigenvalue weighted by Crippen LogP contribution is -2.10. The van der Waals surface area contributed by atoms with Gasteiger partial charge in [0.15, 0.2) is 0 Å². The third kappa shape index (κ3) is 38.9. The van der Waals surface area contributed by atoms with E-state index in [-0.39, 0.29) is 23.3 Å². The molecule has 0 aromatic rings. The van der Waals surface area contributed by atoms with Crippen LogP contribution in [-0.2, 0) is 14.4 Å². The zero-order valence-electron chi connectivity index (χ0n) is 15.3. The van der Waals surface area contributed by atoms with Crippen molar-refractivity contribution in [3.8, 4) is 0 Å². The molecule has 0 aliphatic rings. The lowest BCUT2D eigenvalue weighted by molar-refractivity contribution is -0.133. The zero-order valence-corrected chi connectivity index (χ0v) is 15.3. The summed E-state index contributed by atoms with van der Waals surface area (Å²) in [6.07, 6.45) is 1.14. The van der Waals surface area contributed by atoms with Gasteiger partial charge in [-0.2, -0.15) is 0 Å². The second kappa shape index (κ2) is 19.6. The lowest BCUT2D eigenvalue weighted by atomic mass is 10.2. The smallest absolute Gasteiger partial charge is 0.330 e. The molecule has 0 spiro atoms. The first-order valence-corrected chi connectivity index (χ1v) is 7.19. The van der Waals surface area contributed by atoms with Crippen molar-refractivity contribution < 1.29 is 39.9 Å². The molecule has 0 aliphatic heterocycles. The van der Waals surface area contributed by atoms with Crippen LogP contribution in [0, 0.1) is 0 Å². The Bertz CT molecular complexity index is 359. The molecule has 0 fully saturated rings. The summed E-state index contributed by atoms with van der Waals surface area (Å²) in [6, 6.07) is 0. The first-order chi connectivity index (χ1) is 11.2. The quantitative estimate of drug-likeness (QED) is 0.450. The SMILES string of the molecule is C=C(C)C(=O)O.C=C(C)C(=O)O.C=C(C)C(=O)O.CCCC(O)CO. The minimum atomic E-state index is -0.935. The van der Waals surface area contributed by atoms with Gasteiger partial charge in [-0.3, -0.25) is 0 Å². The highest BCUT2D eigenvalue weighted by Gasteiger charge is 1.96. The van der Waals surface area contributed by atoms with Gasteiger partial charge in [-0.05, 0) is 27.2 Å². The fourth-order valence-corrected chi connectivity index (χ4v) is 0.425. The van der Waals surface area contributed by atoms with Gasteiger partial charge >= 0.3 is 17.9 Å². The third-order valence-corrected chi connectivity index (χ3v) is 1.93. The number of hydrogen-bond donors (Lipinski definition) is 5. The minimum Gasteiger partial charge on any atom is -0.478 e. The number of hydrogen-bond acceptors (Lipinski definition) is 5. The molecule has 0 saturated heterocycles. The number of aliphatic carboxylic acids is 3. The predicted molar refractivity (Wildman–Crippen MR) is 95.4 cm³/mol. The van der Waals surface area contributed by atoms with Gasteiger partial charge in [0.05, 0.1) is 12.7 Å². The van der Waals surface area contributed by atoms with E-state index in [1.165, 1.54) is 20.8 Å². The molecule has 5 N–H and O–H groups in total. The summed E-state index contributed by atoms with van der Waals surface area (Å²) in [7, 11) is 0. The van der Waals surface area contributed by atoms with E-state index in [4.69, 9.17) is 25.5 Å². The first kappa shape index (κ1) is 30.4. The molecule has 0 bridgehead atoms. The Kier molecular flexibility index (Phi) is 23.9. The summed E-state index contributed by atoms with van der Waals surface area (Å²) < 4.78 is 0. The lowest BCUT2D eigenvalue weighted by Gasteiger charge is -2.01. The average molecular weight is 362 g/mol. The van der Waals surface area contributed by atoms with E-state index in [2.05, 4.69) is 19.7 Å². The maximum absolute atomic E-state index is 9.60. The number of aliphatic hydroxyl groups is 2. The summed E-state index contributed by atoms with van der Waals surface area (Å²) in [5, 5.41) is 40.5. The number of aliphatic hydroxyl groups excluding tert-OH is 2. The van der Waals surface area contributed by atoms with Gasteiger partial charge in [0.25, 0.3) is 0 Å². The van der Waals surface area contributed by atoms with Crippen molar-refractivity contribution in [2.24, 2.45) is 0 Å². The van der Waals surface area contributed by atoms with E-state index in [9.17, 15) is 14.4 Å². The van der Waals surface area contributed by atoms with Crippen LogP contribution < -0.4 is 0 Å². The summed E-state index contributed by atoms with van der Waals surface area (Å²) in [5.74, 6) is -2.81. The number of rotatable bonds is 6. The van der Waals surface area contributed by atoms with E-state index in [0.29, 0.717) is 6.42 Å². The molecule has 0 rings (SSSR count). The van der Waals surface area contributed by atoms with Crippen LogP contribution in [0.4, 0.5) is 0 Å². The van der Waals surface area contributed by atoms with Gasteiger partial charge in [-0.1, -0.05) is 33.1 Å². The Morgan fingerprint density at radius 2 is 1.00 bits per heavy atom. The molecule has 0 heterocycles. The molecule has 25 heavy (non-hydrogen) atoms. The predicted octanol–water partition coefficient (Wildman–Crippen LogP) is 2.08. The van der Waals surface area contributed by atoms with Gasteiger partial charge in [-0.25, -0.2) is 14.4 Å².